The van der Waals surface area contributed by atoms with Gasteiger partial charge in [0.2, 0.25) is 0 Å². The second-order valence-corrected chi connectivity index (χ2v) is 5.24. The van der Waals surface area contributed by atoms with Gasteiger partial charge in [0.1, 0.15) is 13.2 Å². The molecule has 1 aromatic rings. The first kappa shape index (κ1) is 19.3. The fraction of sp³-hybridized carbons (Fsp3) is 0.333. The van der Waals surface area contributed by atoms with Crippen molar-refractivity contribution in [2.24, 2.45) is 0 Å². The van der Waals surface area contributed by atoms with Gasteiger partial charge in [0, 0.05) is 0 Å². The predicted molar refractivity (Wildman–Crippen MR) is 81.2 cm³/mol. The number of ether oxygens (including phenoxy) is 2. The summed E-state index contributed by atoms with van der Waals surface area (Å²) in [5.74, 6) is -2.06. The second-order valence-electron chi connectivity index (χ2n) is 3.72. The summed E-state index contributed by atoms with van der Waals surface area (Å²) in [4.78, 5) is 24.0. The van der Waals surface area contributed by atoms with Crippen LogP contribution in [0.15, 0.2) is 0 Å². The molecule has 0 aliphatic carbocycles. The van der Waals surface area contributed by atoms with Crippen LogP contribution in [0.3, 0.4) is 0 Å². The maximum atomic E-state index is 12.0. The smallest absolute Gasteiger partial charge is 0.340 e. The van der Waals surface area contributed by atoms with Crippen LogP contribution in [0.1, 0.15) is 20.7 Å². The summed E-state index contributed by atoms with van der Waals surface area (Å²) in [5.41, 5.74) is -0.866. The van der Waals surface area contributed by atoms with E-state index in [0.29, 0.717) is 0 Å². The van der Waals surface area contributed by atoms with Gasteiger partial charge >= 0.3 is 11.9 Å². The number of hydrogen-bond donors (Lipinski definition) is 2. The molecule has 0 spiro atoms. The largest absolute Gasteiger partial charge is 0.460 e. The molecule has 0 aliphatic heterocycles. The van der Waals surface area contributed by atoms with Crippen molar-refractivity contribution >= 4 is 58.3 Å². The summed E-state index contributed by atoms with van der Waals surface area (Å²) in [7, 11) is 0. The number of aliphatic hydroxyl groups excluding tert-OH is 2. The lowest BCUT2D eigenvalue weighted by molar-refractivity contribution is 0.0390. The molecule has 10 heteroatoms. The van der Waals surface area contributed by atoms with Crippen LogP contribution in [0.2, 0.25) is 20.1 Å². The van der Waals surface area contributed by atoms with E-state index >= 15 is 0 Å². The van der Waals surface area contributed by atoms with E-state index in [4.69, 9.17) is 66.1 Å². The first-order valence-corrected chi connectivity index (χ1v) is 7.29. The van der Waals surface area contributed by atoms with Crippen LogP contribution in [0.25, 0.3) is 0 Å². The van der Waals surface area contributed by atoms with E-state index in [-0.39, 0.29) is 33.3 Å². The number of esters is 2. The maximum absolute atomic E-state index is 12.0. The van der Waals surface area contributed by atoms with Gasteiger partial charge in [-0.2, -0.15) is 0 Å². The van der Waals surface area contributed by atoms with E-state index in [2.05, 4.69) is 0 Å². The fourth-order valence-corrected chi connectivity index (χ4v) is 2.44. The van der Waals surface area contributed by atoms with Crippen LogP contribution in [0.5, 0.6) is 0 Å². The fourth-order valence-electron chi connectivity index (χ4n) is 1.44. The van der Waals surface area contributed by atoms with Crippen molar-refractivity contribution in [2.45, 2.75) is 0 Å². The molecular weight excluding hydrogens is 382 g/mol. The van der Waals surface area contributed by atoms with Crippen molar-refractivity contribution in [2.75, 3.05) is 26.4 Å². The molecular formula is C12H10Cl4O6. The van der Waals surface area contributed by atoms with Gasteiger partial charge < -0.3 is 19.7 Å². The zero-order valence-corrected chi connectivity index (χ0v) is 13.9. The maximum Gasteiger partial charge on any atom is 0.340 e. The first-order chi connectivity index (χ1) is 10.4. The van der Waals surface area contributed by atoms with Crippen molar-refractivity contribution in [3.63, 3.8) is 0 Å². The normalized spacial score (nSPS) is 10.5. The average Bonchev–Trinajstić information content (AvgIpc) is 2.51. The Morgan fingerprint density at radius 3 is 1.32 bits per heavy atom. The van der Waals surface area contributed by atoms with E-state index in [1.54, 1.807) is 0 Å². The molecule has 0 saturated heterocycles. The van der Waals surface area contributed by atoms with Gasteiger partial charge in [0.15, 0.2) is 0 Å². The summed E-state index contributed by atoms with van der Waals surface area (Å²) in [5, 5.41) is 16.2. The summed E-state index contributed by atoms with van der Waals surface area (Å²) >= 11 is 23.6. The number of halogens is 4. The van der Waals surface area contributed by atoms with E-state index in [0.717, 1.165) is 0 Å². The molecule has 2 N–H and O–H groups in total. The summed E-state index contributed by atoms with van der Waals surface area (Å²) in [6.45, 7) is -1.50. The van der Waals surface area contributed by atoms with Crippen molar-refractivity contribution in [3.05, 3.63) is 31.2 Å². The minimum absolute atomic E-state index is 0.233. The number of hydrogen-bond acceptors (Lipinski definition) is 6. The third kappa shape index (κ3) is 4.16. The van der Waals surface area contributed by atoms with E-state index in [9.17, 15) is 9.59 Å². The average molecular weight is 392 g/mol. The minimum Gasteiger partial charge on any atom is -0.460 e. The van der Waals surface area contributed by atoms with Crippen LogP contribution in [-0.2, 0) is 9.47 Å². The first-order valence-electron chi connectivity index (χ1n) is 5.78. The highest BCUT2D eigenvalue weighted by atomic mass is 35.5. The van der Waals surface area contributed by atoms with Crippen LogP contribution >= 0.6 is 46.4 Å². The van der Waals surface area contributed by atoms with Crippen molar-refractivity contribution in [1.82, 2.24) is 0 Å². The molecule has 0 saturated carbocycles. The zero-order valence-electron chi connectivity index (χ0n) is 10.9. The molecule has 0 bridgehead atoms. The summed E-state index contributed by atoms with van der Waals surface area (Å²) < 4.78 is 9.42. The Kier molecular flexibility index (Phi) is 7.68. The number of carbonyl (C=O) groups excluding carboxylic acids is 2. The van der Waals surface area contributed by atoms with Crippen LogP contribution in [0, 0.1) is 0 Å². The van der Waals surface area contributed by atoms with Gasteiger partial charge in [0.25, 0.3) is 0 Å². The zero-order chi connectivity index (χ0) is 16.9. The van der Waals surface area contributed by atoms with Crippen molar-refractivity contribution < 1.29 is 29.3 Å². The molecule has 6 nitrogen and oxygen atoms in total. The van der Waals surface area contributed by atoms with Gasteiger partial charge in [0.05, 0.1) is 44.4 Å². The summed E-state index contributed by atoms with van der Waals surface area (Å²) in [6.07, 6.45) is 0. The Labute approximate surface area is 145 Å². The third-order valence-electron chi connectivity index (χ3n) is 2.32. The molecule has 0 radical (unpaired) electrons. The number of aliphatic hydroxyl groups is 2. The predicted octanol–water partition coefficient (Wildman–Crippen LogP) is 2.60. The van der Waals surface area contributed by atoms with Crippen LogP contribution in [0.4, 0.5) is 0 Å². The van der Waals surface area contributed by atoms with Gasteiger partial charge in [-0.25, -0.2) is 9.59 Å². The molecule has 0 atom stereocenters. The highest BCUT2D eigenvalue weighted by Crippen LogP contribution is 2.42. The van der Waals surface area contributed by atoms with E-state index < -0.39 is 36.3 Å². The summed E-state index contributed by atoms with van der Waals surface area (Å²) in [6, 6.07) is 0. The highest BCUT2D eigenvalue weighted by molar-refractivity contribution is 6.54. The van der Waals surface area contributed by atoms with Gasteiger partial charge in [-0.3, -0.25) is 0 Å². The highest BCUT2D eigenvalue weighted by Gasteiger charge is 2.30. The molecule has 1 rings (SSSR count). The van der Waals surface area contributed by atoms with Crippen LogP contribution in [-0.4, -0.2) is 48.6 Å². The Morgan fingerprint density at radius 2 is 1.05 bits per heavy atom. The minimum atomic E-state index is -1.03. The molecule has 0 aromatic heterocycles. The Hall–Kier alpha value is -0.760. The standard InChI is InChI=1S/C12H10Cl4O6/c13-7-5(11(19)21-3-1-17)6(12(20)22-4-2-18)8(14)10(16)9(7)15/h17-18H,1-4H2. The molecule has 0 unspecified atom stereocenters. The molecule has 0 amide bonds. The molecule has 122 valence electrons. The monoisotopic (exact) mass is 390 g/mol. The molecule has 0 aliphatic rings. The number of rotatable bonds is 6. The number of benzene rings is 1. The molecule has 0 fully saturated rings. The van der Waals surface area contributed by atoms with E-state index in [1.807, 2.05) is 0 Å². The van der Waals surface area contributed by atoms with E-state index in [1.165, 1.54) is 0 Å². The SMILES string of the molecule is O=C(OCCO)c1c(Cl)c(Cl)c(Cl)c(Cl)c1C(=O)OCCO. The lowest BCUT2D eigenvalue weighted by Gasteiger charge is -2.14. The Bertz CT molecular complexity index is 539. The topological polar surface area (TPSA) is 93.1 Å². The quantitative estimate of drug-likeness (QED) is 0.439. The lowest BCUT2D eigenvalue weighted by Crippen LogP contribution is -2.18. The van der Waals surface area contributed by atoms with Gasteiger partial charge in [-0.1, -0.05) is 46.4 Å². The van der Waals surface area contributed by atoms with Crippen LogP contribution < -0.4 is 0 Å². The second kappa shape index (κ2) is 8.76. The van der Waals surface area contributed by atoms with Gasteiger partial charge in [-0.05, 0) is 0 Å². The molecule has 1 aromatic carbocycles. The van der Waals surface area contributed by atoms with Gasteiger partial charge in [-0.15, -0.1) is 0 Å². The van der Waals surface area contributed by atoms with Crippen molar-refractivity contribution in [3.8, 4) is 0 Å². The molecule has 22 heavy (non-hydrogen) atoms. The third-order valence-corrected chi connectivity index (χ3v) is 4.13. The lowest BCUT2D eigenvalue weighted by atomic mass is 10.1. The Morgan fingerprint density at radius 1 is 0.727 bits per heavy atom. The van der Waals surface area contributed by atoms with Crippen molar-refractivity contribution in [1.29, 1.82) is 0 Å². The number of carbonyl (C=O) groups is 2. The Balaban J connectivity index is 3.44. The molecule has 0 heterocycles.